The third-order valence-electron chi connectivity index (χ3n) is 6.02. The number of Topliss-reactive ketones (excluding diaryl/α,β-unsaturated/α-hetero) is 2. The van der Waals surface area contributed by atoms with Crippen LogP contribution < -0.4 is 0 Å². The average Bonchev–Trinajstić information content (AvgIpc) is 3.18. The van der Waals surface area contributed by atoms with Crippen LogP contribution in [0.1, 0.15) is 43.9 Å². The maximum Gasteiger partial charge on any atom is 0.338 e. The molecule has 1 fully saturated rings. The molecular weight excluding hydrogens is 364 g/mol. The molecule has 4 heteroatoms. The Hall–Kier alpha value is -3.27. The van der Waals surface area contributed by atoms with E-state index in [0.29, 0.717) is 46.3 Å². The lowest BCUT2D eigenvalue weighted by Crippen LogP contribution is -2.22. The second-order valence-corrected chi connectivity index (χ2v) is 7.69. The van der Waals surface area contributed by atoms with Crippen molar-refractivity contribution in [3.8, 4) is 11.1 Å². The Morgan fingerprint density at radius 1 is 0.931 bits per heavy atom. The summed E-state index contributed by atoms with van der Waals surface area (Å²) in [6, 6.07) is 11.7. The Morgan fingerprint density at radius 3 is 2.31 bits per heavy atom. The van der Waals surface area contributed by atoms with Gasteiger partial charge in [0.1, 0.15) is 0 Å². The van der Waals surface area contributed by atoms with Crippen LogP contribution in [0.4, 0.5) is 0 Å². The molecule has 2 aliphatic carbocycles. The normalized spacial score (nSPS) is 22.6. The van der Waals surface area contributed by atoms with Crippen LogP contribution in [0.2, 0.25) is 0 Å². The van der Waals surface area contributed by atoms with Crippen LogP contribution in [0.15, 0.2) is 67.8 Å². The lowest BCUT2D eigenvalue weighted by molar-refractivity contribution is 0.0423. The van der Waals surface area contributed by atoms with Gasteiger partial charge in [-0.25, -0.2) is 4.79 Å². The number of hydrogen-bond acceptors (Lipinski definition) is 4. The quantitative estimate of drug-likeness (QED) is 0.416. The third-order valence-corrected chi connectivity index (χ3v) is 6.02. The molecule has 0 radical (unpaired) electrons. The van der Waals surface area contributed by atoms with Gasteiger partial charge in [0.25, 0.3) is 0 Å². The number of ketones is 2. The van der Waals surface area contributed by atoms with E-state index in [9.17, 15) is 14.4 Å². The minimum absolute atomic E-state index is 0.233. The zero-order valence-electron chi connectivity index (χ0n) is 16.1. The van der Waals surface area contributed by atoms with E-state index < -0.39 is 17.5 Å². The lowest BCUT2D eigenvalue weighted by atomic mass is 9.83. The molecule has 0 aromatic heterocycles. The Balaban J connectivity index is 1.56. The van der Waals surface area contributed by atoms with Gasteiger partial charge in [-0.2, -0.15) is 0 Å². The summed E-state index contributed by atoms with van der Waals surface area (Å²) in [6.45, 7) is 8.09. The largest absolute Gasteiger partial charge is 0.462 e. The Kier molecular flexibility index (Phi) is 5.01. The number of carbonyl (C=O) groups excluding carboxylic acids is 3. The summed E-state index contributed by atoms with van der Waals surface area (Å²) in [5, 5.41) is 0. The number of carbonyl (C=O) groups is 3. The fourth-order valence-electron chi connectivity index (χ4n) is 4.39. The molecule has 0 spiro atoms. The molecule has 0 amide bonds. The molecule has 4 nitrogen and oxygen atoms in total. The van der Waals surface area contributed by atoms with E-state index in [1.165, 1.54) is 6.07 Å². The van der Waals surface area contributed by atoms with Gasteiger partial charge in [0.15, 0.2) is 0 Å². The summed E-state index contributed by atoms with van der Waals surface area (Å²) >= 11 is 0. The Bertz CT molecular complexity index is 1030. The summed E-state index contributed by atoms with van der Waals surface area (Å²) in [7, 11) is 0. The van der Waals surface area contributed by atoms with Crippen molar-refractivity contribution in [1.29, 1.82) is 0 Å². The van der Waals surface area contributed by atoms with Gasteiger partial charge in [0.2, 0.25) is 11.6 Å². The van der Waals surface area contributed by atoms with Gasteiger partial charge in [0.05, 0.1) is 12.2 Å². The molecular formula is C25H22O4. The van der Waals surface area contributed by atoms with Gasteiger partial charge < -0.3 is 4.74 Å². The molecule has 1 saturated carbocycles. The first-order valence-corrected chi connectivity index (χ1v) is 9.78. The molecule has 146 valence electrons. The van der Waals surface area contributed by atoms with E-state index >= 15 is 0 Å². The summed E-state index contributed by atoms with van der Waals surface area (Å²) in [4.78, 5) is 37.4. The smallest absolute Gasteiger partial charge is 0.338 e. The SMILES string of the molecule is C=CC1CC(C=C)C(COC(=O)c2ccc3c(c2)-c2ccccc2C(=O)C3=O)C1. The monoisotopic (exact) mass is 386 g/mol. The molecule has 4 rings (SSSR count). The molecule has 29 heavy (non-hydrogen) atoms. The average molecular weight is 386 g/mol. The van der Waals surface area contributed by atoms with Crippen LogP contribution in [0, 0.1) is 17.8 Å². The maximum atomic E-state index is 12.7. The summed E-state index contributed by atoms with van der Waals surface area (Å²) in [5.41, 5.74) is 2.32. The molecule has 2 aliphatic rings. The highest BCUT2D eigenvalue weighted by Crippen LogP contribution is 2.38. The van der Waals surface area contributed by atoms with Gasteiger partial charge in [-0.3, -0.25) is 9.59 Å². The highest BCUT2D eigenvalue weighted by Gasteiger charge is 2.33. The predicted octanol–water partition coefficient (Wildman–Crippen LogP) is 4.90. The molecule has 0 heterocycles. The van der Waals surface area contributed by atoms with Crippen molar-refractivity contribution in [3.05, 3.63) is 84.5 Å². The van der Waals surface area contributed by atoms with Gasteiger partial charge in [-0.1, -0.05) is 36.4 Å². The second kappa shape index (κ2) is 7.63. The summed E-state index contributed by atoms with van der Waals surface area (Å²) in [5.74, 6) is -0.530. The highest BCUT2D eigenvalue weighted by atomic mass is 16.5. The van der Waals surface area contributed by atoms with Gasteiger partial charge in [-0.15, -0.1) is 13.2 Å². The van der Waals surface area contributed by atoms with E-state index in [2.05, 4.69) is 13.2 Å². The molecule has 0 saturated heterocycles. The van der Waals surface area contributed by atoms with Crippen LogP contribution >= 0.6 is 0 Å². The van der Waals surface area contributed by atoms with Crippen molar-refractivity contribution >= 4 is 17.5 Å². The van der Waals surface area contributed by atoms with Gasteiger partial charge >= 0.3 is 5.97 Å². The van der Waals surface area contributed by atoms with Crippen LogP contribution in [0.25, 0.3) is 11.1 Å². The first-order chi connectivity index (χ1) is 14.0. The third kappa shape index (κ3) is 3.35. The predicted molar refractivity (Wildman–Crippen MR) is 111 cm³/mol. The first-order valence-electron chi connectivity index (χ1n) is 9.78. The number of rotatable bonds is 5. The maximum absolute atomic E-state index is 12.7. The van der Waals surface area contributed by atoms with Crippen LogP contribution in [-0.2, 0) is 4.74 Å². The van der Waals surface area contributed by atoms with E-state index in [1.807, 2.05) is 18.2 Å². The van der Waals surface area contributed by atoms with Crippen molar-refractivity contribution in [2.75, 3.05) is 6.61 Å². The first kappa shape index (κ1) is 19.1. The minimum atomic E-state index is -0.547. The summed E-state index contributed by atoms with van der Waals surface area (Å²) in [6.07, 6.45) is 5.81. The number of fused-ring (bicyclic) bond motifs is 3. The van der Waals surface area contributed by atoms with E-state index in [1.54, 1.807) is 30.3 Å². The lowest BCUT2D eigenvalue weighted by Gasteiger charge is -2.19. The number of ether oxygens (including phenoxy) is 1. The van der Waals surface area contributed by atoms with Gasteiger partial charge in [-0.05, 0) is 59.9 Å². The molecule has 0 N–H and O–H groups in total. The number of hydrogen-bond donors (Lipinski definition) is 0. The van der Waals surface area contributed by atoms with E-state index in [-0.39, 0.29) is 5.92 Å². The standard InChI is InChI=1S/C25H22O4/c1-3-15-11-16(4-2)18(12-15)14-29-25(28)17-9-10-21-22(13-17)19-7-5-6-8-20(19)23(26)24(21)27/h3-10,13,15-16,18H,1-2,11-12,14H2. The Morgan fingerprint density at radius 2 is 1.62 bits per heavy atom. The molecule has 3 unspecified atom stereocenters. The number of esters is 1. The molecule has 0 bridgehead atoms. The van der Waals surface area contributed by atoms with Crippen LogP contribution in [0.3, 0.4) is 0 Å². The minimum Gasteiger partial charge on any atom is -0.462 e. The molecule has 2 aromatic carbocycles. The number of benzene rings is 2. The summed E-state index contributed by atoms with van der Waals surface area (Å²) < 4.78 is 5.59. The molecule has 2 aromatic rings. The van der Waals surface area contributed by atoms with Crippen molar-refractivity contribution in [2.45, 2.75) is 12.8 Å². The van der Waals surface area contributed by atoms with Crippen molar-refractivity contribution < 1.29 is 19.1 Å². The van der Waals surface area contributed by atoms with Gasteiger partial charge in [0, 0.05) is 11.1 Å². The van der Waals surface area contributed by atoms with E-state index in [0.717, 1.165) is 12.8 Å². The fraction of sp³-hybridized carbons (Fsp3) is 0.240. The highest BCUT2D eigenvalue weighted by molar-refractivity contribution is 6.53. The van der Waals surface area contributed by atoms with Crippen molar-refractivity contribution in [3.63, 3.8) is 0 Å². The number of allylic oxidation sites excluding steroid dienone is 2. The Labute approximate surface area is 169 Å². The molecule has 0 aliphatic heterocycles. The van der Waals surface area contributed by atoms with Crippen molar-refractivity contribution in [1.82, 2.24) is 0 Å². The van der Waals surface area contributed by atoms with Crippen molar-refractivity contribution in [2.24, 2.45) is 17.8 Å². The van der Waals surface area contributed by atoms with E-state index in [4.69, 9.17) is 4.74 Å². The zero-order chi connectivity index (χ0) is 20.5. The topological polar surface area (TPSA) is 60.4 Å². The molecule has 3 atom stereocenters. The second-order valence-electron chi connectivity index (χ2n) is 7.69. The van der Waals surface area contributed by atoms with Crippen LogP contribution in [0.5, 0.6) is 0 Å². The zero-order valence-corrected chi connectivity index (χ0v) is 16.1. The van der Waals surface area contributed by atoms with Crippen LogP contribution in [-0.4, -0.2) is 24.1 Å². The fourth-order valence-corrected chi connectivity index (χ4v) is 4.39.